The van der Waals surface area contributed by atoms with Gasteiger partial charge in [-0.25, -0.2) is 0 Å². The highest BCUT2D eigenvalue weighted by atomic mass is 15.1. The highest BCUT2D eigenvalue weighted by Gasteiger charge is 2.23. The average molecular weight is 871 g/mol. The first-order chi connectivity index (χ1) is 33.6. The van der Waals surface area contributed by atoms with Crippen molar-refractivity contribution in [1.29, 1.82) is 0 Å². The molecule has 0 unspecified atom stereocenters. The average Bonchev–Trinajstić information content (AvgIpc) is 3.41. The van der Waals surface area contributed by atoms with Gasteiger partial charge in [0.05, 0.1) is 5.69 Å². The van der Waals surface area contributed by atoms with E-state index in [0.29, 0.717) is 0 Å². The van der Waals surface area contributed by atoms with Gasteiger partial charge < -0.3 is 9.80 Å². The lowest BCUT2D eigenvalue weighted by atomic mass is 9.85. The highest BCUT2D eigenvalue weighted by molar-refractivity contribution is 6.23. The Bertz CT molecular complexity index is 3800. The normalized spacial score (nSPS) is 11.5. The Hall–Kier alpha value is -8.46. The number of fused-ring (bicyclic) bond motifs is 6. The van der Waals surface area contributed by atoms with Crippen molar-refractivity contribution in [3.05, 3.63) is 254 Å². The van der Waals surface area contributed by atoms with E-state index in [0.717, 1.165) is 47.0 Å². The lowest BCUT2D eigenvalue weighted by Gasteiger charge is -2.29. The summed E-state index contributed by atoms with van der Waals surface area (Å²) in [4.78, 5) is 4.90. The molecule has 12 rings (SSSR count). The van der Waals surface area contributed by atoms with Crippen molar-refractivity contribution < 1.29 is 0 Å². The minimum absolute atomic E-state index is 0.984. The first kappa shape index (κ1) is 41.0. The molecule has 0 amide bonds. The molecule has 0 saturated carbocycles. The fraction of sp³-hybridized carbons (Fsp3) is 0.0606. The minimum Gasteiger partial charge on any atom is -0.310 e. The SMILES string of the molecule is CCc1ccc(N(c2ccc3ccccc3c2)c2ccc3c(-c4ccccc4)c4cc(N(c5ccc(CC)cc5)c5cc6ccccc6c6ccccc56)ccc4c(-c4ccccc4)c3c2)cc1. The first-order valence-corrected chi connectivity index (χ1v) is 24.0. The number of hydrogen-bond acceptors (Lipinski definition) is 2. The summed E-state index contributed by atoms with van der Waals surface area (Å²) in [5.41, 5.74) is 14.2. The van der Waals surface area contributed by atoms with E-state index in [9.17, 15) is 0 Å². The molecule has 0 atom stereocenters. The van der Waals surface area contributed by atoms with Gasteiger partial charge >= 0.3 is 0 Å². The van der Waals surface area contributed by atoms with Crippen LogP contribution in [-0.4, -0.2) is 0 Å². The van der Waals surface area contributed by atoms with Gasteiger partial charge in [-0.2, -0.15) is 0 Å². The Morgan fingerprint density at radius 3 is 1.26 bits per heavy atom. The molecule has 324 valence electrons. The number of nitrogens with zero attached hydrogens (tertiary/aromatic N) is 2. The molecule has 12 aromatic rings. The van der Waals surface area contributed by atoms with Crippen LogP contribution in [0.15, 0.2) is 243 Å². The van der Waals surface area contributed by atoms with Gasteiger partial charge in [0.15, 0.2) is 0 Å². The smallest absolute Gasteiger partial charge is 0.0546 e. The fourth-order valence-corrected chi connectivity index (χ4v) is 10.5. The predicted octanol–water partition coefficient (Wildman–Crippen LogP) is 18.9. The van der Waals surface area contributed by atoms with Gasteiger partial charge in [0, 0.05) is 33.8 Å². The van der Waals surface area contributed by atoms with E-state index in [-0.39, 0.29) is 0 Å². The summed E-state index contributed by atoms with van der Waals surface area (Å²) >= 11 is 0. The van der Waals surface area contributed by atoms with E-state index >= 15 is 0 Å². The van der Waals surface area contributed by atoms with E-state index in [4.69, 9.17) is 0 Å². The topological polar surface area (TPSA) is 6.48 Å². The van der Waals surface area contributed by atoms with Crippen molar-refractivity contribution in [3.8, 4) is 22.3 Å². The van der Waals surface area contributed by atoms with Crippen LogP contribution in [0.3, 0.4) is 0 Å². The van der Waals surface area contributed by atoms with Crippen LogP contribution in [0.25, 0.3) is 76.1 Å². The van der Waals surface area contributed by atoms with Crippen LogP contribution in [0.5, 0.6) is 0 Å². The third-order valence-corrected chi connectivity index (χ3v) is 13.9. The molecule has 2 heteroatoms. The third kappa shape index (κ3) is 7.23. The summed E-state index contributed by atoms with van der Waals surface area (Å²) in [6, 6.07) is 90.0. The van der Waals surface area contributed by atoms with Gasteiger partial charge in [0.2, 0.25) is 0 Å². The molecular weight excluding hydrogens is 821 g/mol. The van der Waals surface area contributed by atoms with Crippen LogP contribution in [0.1, 0.15) is 25.0 Å². The Morgan fingerprint density at radius 1 is 0.265 bits per heavy atom. The number of rotatable bonds is 10. The van der Waals surface area contributed by atoms with E-state index in [1.165, 1.54) is 87.2 Å². The maximum absolute atomic E-state index is 2.48. The molecular formula is C66H50N2. The summed E-state index contributed by atoms with van der Waals surface area (Å²) in [5.74, 6) is 0. The van der Waals surface area contributed by atoms with Gasteiger partial charge in [0.1, 0.15) is 0 Å². The van der Waals surface area contributed by atoms with Crippen molar-refractivity contribution in [2.45, 2.75) is 26.7 Å². The van der Waals surface area contributed by atoms with E-state index in [1.807, 2.05) is 0 Å². The Kier molecular flexibility index (Phi) is 10.5. The molecule has 2 nitrogen and oxygen atoms in total. The summed E-state index contributed by atoms with van der Waals surface area (Å²) in [6.45, 7) is 4.44. The number of benzene rings is 12. The number of anilines is 6. The lowest BCUT2D eigenvalue weighted by molar-refractivity contribution is 1.14. The molecule has 12 aromatic carbocycles. The zero-order valence-electron chi connectivity index (χ0n) is 38.4. The van der Waals surface area contributed by atoms with Crippen LogP contribution >= 0.6 is 0 Å². The summed E-state index contributed by atoms with van der Waals surface area (Å²) in [5, 5.41) is 12.2. The molecule has 0 aliphatic heterocycles. The third-order valence-electron chi connectivity index (χ3n) is 13.9. The van der Waals surface area contributed by atoms with Gasteiger partial charge in [-0.05, 0) is 161 Å². The maximum Gasteiger partial charge on any atom is 0.0546 e. The Labute approximate surface area is 398 Å². The minimum atomic E-state index is 0.984. The summed E-state index contributed by atoms with van der Waals surface area (Å²) in [6.07, 6.45) is 1.98. The zero-order chi connectivity index (χ0) is 45.6. The standard InChI is InChI=1S/C66H50N2/c1-3-45-27-32-52(33-28-45)67(54-36-31-47-17-11-12-22-50(47)41-54)55-37-39-60-62(43-55)65(48-18-7-5-8-19-48)61-40-38-56(44-63(61)66(60)49-20-9-6-10-21-49)68(53-34-29-46(4-2)30-35-53)64-42-51-23-13-14-24-57(51)58-25-15-16-26-59(58)64/h5-44H,3-4H2,1-2H3. The quantitative estimate of drug-likeness (QED) is 0.0998. The maximum atomic E-state index is 2.48. The summed E-state index contributed by atoms with van der Waals surface area (Å²) < 4.78 is 0. The molecule has 68 heavy (non-hydrogen) atoms. The predicted molar refractivity (Wildman–Crippen MR) is 293 cm³/mol. The van der Waals surface area contributed by atoms with Gasteiger partial charge in [0.25, 0.3) is 0 Å². The number of hydrogen-bond donors (Lipinski definition) is 0. The molecule has 0 N–H and O–H groups in total. The molecule has 0 spiro atoms. The van der Waals surface area contributed by atoms with Gasteiger partial charge in [-0.15, -0.1) is 0 Å². The van der Waals surface area contributed by atoms with Crippen LogP contribution < -0.4 is 9.80 Å². The van der Waals surface area contributed by atoms with E-state index in [2.05, 4.69) is 266 Å². The fourth-order valence-electron chi connectivity index (χ4n) is 10.5. The molecule has 0 fully saturated rings. The molecule has 0 aliphatic carbocycles. The van der Waals surface area contributed by atoms with E-state index in [1.54, 1.807) is 0 Å². The van der Waals surface area contributed by atoms with Crippen molar-refractivity contribution >= 4 is 88.0 Å². The number of aryl methyl sites for hydroxylation is 2. The molecule has 0 heterocycles. The largest absolute Gasteiger partial charge is 0.310 e. The lowest BCUT2D eigenvalue weighted by Crippen LogP contribution is -2.11. The molecule has 0 aliphatic rings. The molecule has 0 radical (unpaired) electrons. The first-order valence-electron chi connectivity index (χ1n) is 24.0. The second-order valence-electron chi connectivity index (χ2n) is 17.8. The zero-order valence-corrected chi connectivity index (χ0v) is 38.4. The van der Waals surface area contributed by atoms with Crippen molar-refractivity contribution in [2.24, 2.45) is 0 Å². The Balaban J connectivity index is 1.15. The van der Waals surface area contributed by atoms with Crippen molar-refractivity contribution in [3.63, 3.8) is 0 Å². The molecule has 0 aromatic heterocycles. The van der Waals surface area contributed by atoms with Gasteiger partial charge in [-0.3, -0.25) is 0 Å². The van der Waals surface area contributed by atoms with Crippen LogP contribution in [0, 0.1) is 0 Å². The second-order valence-corrected chi connectivity index (χ2v) is 17.8. The van der Waals surface area contributed by atoms with Crippen molar-refractivity contribution in [1.82, 2.24) is 0 Å². The highest BCUT2D eigenvalue weighted by Crippen LogP contribution is 2.49. The van der Waals surface area contributed by atoms with Crippen LogP contribution in [0.2, 0.25) is 0 Å². The second kappa shape index (κ2) is 17.4. The van der Waals surface area contributed by atoms with E-state index < -0.39 is 0 Å². The Morgan fingerprint density at radius 2 is 0.691 bits per heavy atom. The van der Waals surface area contributed by atoms with Crippen LogP contribution in [0.4, 0.5) is 34.1 Å². The molecule has 0 saturated heterocycles. The molecule has 0 bridgehead atoms. The van der Waals surface area contributed by atoms with Crippen molar-refractivity contribution in [2.75, 3.05) is 9.80 Å². The summed E-state index contributed by atoms with van der Waals surface area (Å²) in [7, 11) is 0. The van der Waals surface area contributed by atoms with Gasteiger partial charge in [-0.1, -0.05) is 190 Å². The monoisotopic (exact) mass is 870 g/mol. The van der Waals surface area contributed by atoms with Crippen LogP contribution in [-0.2, 0) is 12.8 Å².